The number of benzene rings is 1. The van der Waals surface area contributed by atoms with Crippen molar-refractivity contribution in [1.82, 2.24) is 10.2 Å². The van der Waals surface area contributed by atoms with Crippen molar-refractivity contribution < 1.29 is 23.9 Å². The Balaban J connectivity index is 1.89. The fraction of sp³-hybridized carbons (Fsp3) is 0.375. The monoisotopic (exact) mass is 316 g/mol. The Kier molecular flexibility index (Phi) is 3.85. The summed E-state index contributed by atoms with van der Waals surface area (Å²) in [7, 11) is 1.27. The molecule has 3 rings (SSSR count). The first-order valence-electron chi connectivity index (χ1n) is 7.36. The maximum atomic E-state index is 12.8. The number of nitrogens with one attached hydrogen (secondary N) is 1. The molecule has 1 aromatic rings. The van der Waals surface area contributed by atoms with Crippen LogP contribution in [-0.2, 0) is 14.3 Å². The van der Waals surface area contributed by atoms with Gasteiger partial charge in [0, 0.05) is 11.6 Å². The van der Waals surface area contributed by atoms with Gasteiger partial charge in [-0.25, -0.2) is 4.79 Å². The van der Waals surface area contributed by atoms with Gasteiger partial charge in [0.1, 0.15) is 6.04 Å². The quantitative estimate of drug-likeness (QED) is 0.645. The molecule has 7 nitrogen and oxygen atoms in total. The predicted molar refractivity (Wildman–Crippen MR) is 78.5 cm³/mol. The molecule has 3 amide bonds. The van der Waals surface area contributed by atoms with Crippen molar-refractivity contribution >= 4 is 23.7 Å². The number of esters is 1. The highest BCUT2D eigenvalue weighted by molar-refractivity contribution is 6.08. The van der Waals surface area contributed by atoms with Crippen LogP contribution < -0.4 is 5.32 Å². The Bertz CT molecular complexity index is 695. The fourth-order valence-corrected chi connectivity index (χ4v) is 2.73. The van der Waals surface area contributed by atoms with Gasteiger partial charge in [0.2, 0.25) is 11.8 Å². The van der Waals surface area contributed by atoms with Crippen LogP contribution in [0.5, 0.6) is 0 Å². The van der Waals surface area contributed by atoms with E-state index in [-0.39, 0.29) is 29.8 Å². The molecule has 0 unspecified atom stereocenters. The molecule has 120 valence electrons. The number of rotatable bonds is 4. The number of methoxy groups -OCH3 is 1. The lowest BCUT2D eigenvalue weighted by Gasteiger charge is -2.26. The molecule has 1 aliphatic carbocycles. The second-order valence-corrected chi connectivity index (χ2v) is 5.65. The van der Waals surface area contributed by atoms with Gasteiger partial charge in [0.25, 0.3) is 5.91 Å². The van der Waals surface area contributed by atoms with Gasteiger partial charge in [0.05, 0.1) is 19.1 Å². The minimum absolute atomic E-state index is 0.0161. The number of hydrogen-bond donors (Lipinski definition) is 1. The van der Waals surface area contributed by atoms with E-state index in [2.05, 4.69) is 10.1 Å². The van der Waals surface area contributed by atoms with Gasteiger partial charge >= 0.3 is 5.97 Å². The van der Waals surface area contributed by atoms with Crippen LogP contribution in [0.25, 0.3) is 0 Å². The molecule has 1 aliphatic heterocycles. The maximum Gasteiger partial charge on any atom is 0.337 e. The summed E-state index contributed by atoms with van der Waals surface area (Å²) in [5, 5.41) is 2.23. The molecule has 1 N–H and O–H groups in total. The van der Waals surface area contributed by atoms with Crippen LogP contribution in [0.2, 0.25) is 0 Å². The number of imide groups is 1. The smallest absolute Gasteiger partial charge is 0.337 e. The van der Waals surface area contributed by atoms with Crippen LogP contribution in [0, 0.1) is 0 Å². The third-order valence-electron chi connectivity index (χ3n) is 3.99. The lowest BCUT2D eigenvalue weighted by Crippen LogP contribution is -2.46. The standard InChI is InChI=1S/C16H16N2O5/c1-23-16(22)10-4-2-3-9(7-10)15(21)18(11-5-6-11)12-8-13(19)17-14(12)20/h2-4,7,11-12H,5-6,8H2,1H3,(H,17,19,20)/t12-/m1/s1. The first-order valence-corrected chi connectivity index (χ1v) is 7.36. The van der Waals surface area contributed by atoms with Gasteiger partial charge in [-0.2, -0.15) is 0 Å². The van der Waals surface area contributed by atoms with Crippen LogP contribution in [0.4, 0.5) is 0 Å². The Morgan fingerprint density at radius 2 is 1.91 bits per heavy atom. The summed E-state index contributed by atoms with van der Waals surface area (Å²) in [6, 6.07) is 5.35. The van der Waals surface area contributed by atoms with Crippen LogP contribution >= 0.6 is 0 Å². The topological polar surface area (TPSA) is 92.8 Å². The predicted octanol–water partition coefficient (Wildman–Crippen LogP) is 0.493. The molecule has 1 saturated heterocycles. The van der Waals surface area contributed by atoms with E-state index >= 15 is 0 Å². The molecule has 1 saturated carbocycles. The summed E-state index contributed by atoms with van der Waals surface area (Å²) >= 11 is 0. The first-order chi connectivity index (χ1) is 11.0. The summed E-state index contributed by atoms with van der Waals surface area (Å²) in [5.41, 5.74) is 0.563. The summed E-state index contributed by atoms with van der Waals surface area (Å²) in [6.07, 6.45) is 1.60. The van der Waals surface area contributed by atoms with E-state index in [0.717, 1.165) is 12.8 Å². The number of carbonyl (C=O) groups excluding carboxylic acids is 4. The average molecular weight is 316 g/mol. The van der Waals surface area contributed by atoms with E-state index < -0.39 is 17.9 Å². The van der Waals surface area contributed by atoms with Gasteiger partial charge < -0.3 is 9.64 Å². The molecule has 2 fully saturated rings. The molecule has 1 aromatic carbocycles. The van der Waals surface area contributed by atoms with E-state index in [9.17, 15) is 19.2 Å². The van der Waals surface area contributed by atoms with Crippen molar-refractivity contribution in [2.75, 3.05) is 7.11 Å². The van der Waals surface area contributed by atoms with E-state index in [0.29, 0.717) is 5.56 Å². The molecule has 1 heterocycles. The Morgan fingerprint density at radius 3 is 2.48 bits per heavy atom. The van der Waals surface area contributed by atoms with Crippen molar-refractivity contribution in [3.8, 4) is 0 Å². The van der Waals surface area contributed by atoms with Crippen molar-refractivity contribution in [2.24, 2.45) is 0 Å². The zero-order chi connectivity index (χ0) is 16.6. The van der Waals surface area contributed by atoms with Crippen LogP contribution in [-0.4, -0.2) is 47.8 Å². The normalized spacial score (nSPS) is 20.1. The average Bonchev–Trinajstić information content (AvgIpc) is 3.32. The summed E-state index contributed by atoms with van der Waals surface area (Å²) in [5.74, 6) is -1.71. The first kappa shape index (κ1) is 15.2. The number of amides is 3. The zero-order valence-electron chi connectivity index (χ0n) is 12.6. The maximum absolute atomic E-state index is 12.8. The summed E-state index contributed by atoms with van der Waals surface area (Å²) in [4.78, 5) is 49.2. The molecule has 0 radical (unpaired) electrons. The molecule has 0 spiro atoms. The highest BCUT2D eigenvalue weighted by Gasteiger charge is 2.44. The van der Waals surface area contributed by atoms with Crippen LogP contribution in [0.3, 0.4) is 0 Å². The van der Waals surface area contributed by atoms with Gasteiger partial charge in [0.15, 0.2) is 0 Å². The highest BCUT2D eigenvalue weighted by Crippen LogP contribution is 2.32. The Morgan fingerprint density at radius 1 is 1.22 bits per heavy atom. The molecule has 0 bridgehead atoms. The van der Waals surface area contributed by atoms with Crippen molar-refractivity contribution in [1.29, 1.82) is 0 Å². The van der Waals surface area contributed by atoms with Crippen molar-refractivity contribution in [3.05, 3.63) is 35.4 Å². The third kappa shape index (κ3) is 2.94. The van der Waals surface area contributed by atoms with Gasteiger partial charge in [-0.15, -0.1) is 0 Å². The Hall–Kier alpha value is -2.70. The van der Waals surface area contributed by atoms with Gasteiger partial charge in [-0.1, -0.05) is 6.07 Å². The highest BCUT2D eigenvalue weighted by atomic mass is 16.5. The Labute approximate surface area is 132 Å². The van der Waals surface area contributed by atoms with Gasteiger partial charge in [-0.05, 0) is 31.0 Å². The molecular weight excluding hydrogens is 300 g/mol. The van der Waals surface area contributed by atoms with E-state index in [4.69, 9.17) is 0 Å². The van der Waals surface area contributed by atoms with Gasteiger partial charge in [-0.3, -0.25) is 19.7 Å². The third-order valence-corrected chi connectivity index (χ3v) is 3.99. The molecule has 0 aromatic heterocycles. The lowest BCUT2D eigenvalue weighted by atomic mass is 10.1. The van der Waals surface area contributed by atoms with E-state index in [1.54, 1.807) is 18.2 Å². The SMILES string of the molecule is COC(=O)c1cccc(C(=O)N(C2CC2)[C@@H]2CC(=O)NC2=O)c1. The number of nitrogens with zero attached hydrogens (tertiary/aromatic N) is 1. The second-order valence-electron chi connectivity index (χ2n) is 5.65. The minimum atomic E-state index is -0.774. The summed E-state index contributed by atoms with van der Waals surface area (Å²) < 4.78 is 4.65. The minimum Gasteiger partial charge on any atom is -0.465 e. The van der Waals surface area contributed by atoms with Crippen molar-refractivity contribution in [2.45, 2.75) is 31.3 Å². The number of hydrogen-bond acceptors (Lipinski definition) is 5. The largest absolute Gasteiger partial charge is 0.465 e. The van der Waals surface area contributed by atoms with E-state index in [1.807, 2.05) is 0 Å². The lowest BCUT2D eigenvalue weighted by molar-refractivity contribution is -0.126. The second kappa shape index (κ2) is 5.83. The molecular formula is C16H16N2O5. The van der Waals surface area contributed by atoms with Crippen LogP contribution in [0.15, 0.2) is 24.3 Å². The van der Waals surface area contributed by atoms with Crippen LogP contribution in [0.1, 0.15) is 40.0 Å². The molecule has 7 heteroatoms. The van der Waals surface area contributed by atoms with Crippen molar-refractivity contribution in [3.63, 3.8) is 0 Å². The fourth-order valence-electron chi connectivity index (χ4n) is 2.73. The number of carbonyl (C=O) groups is 4. The number of ether oxygens (including phenoxy) is 1. The zero-order valence-corrected chi connectivity index (χ0v) is 12.6. The molecule has 23 heavy (non-hydrogen) atoms. The summed E-state index contributed by atoms with van der Waals surface area (Å²) in [6.45, 7) is 0. The van der Waals surface area contributed by atoms with E-state index in [1.165, 1.54) is 18.1 Å². The molecule has 2 aliphatic rings. The molecule has 1 atom stereocenters.